The van der Waals surface area contributed by atoms with Gasteiger partial charge in [-0.3, -0.25) is 25.2 Å². The van der Waals surface area contributed by atoms with Crippen LogP contribution in [0.2, 0.25) is 0 Å². The summed E-state index contributed by atoms with van der Waals surface area (Å²) in [6, 6.07) is 14.5. The number of nitrogens with zero attached hydrogens (tertiary/aromatic N) is 3. The second kappa shape index (κ2) is 14.0. The Balaban J connectivity index is 1.07. The molecule has 3 aliphatic heterocycles. The van der Waals surface area contributed by atoms with Crippen molar-refractivity contribution in [2.75, 3.05) is 48.0 Å². The van der Waals surface area contributed by atoms with Crippen LogP contribution >= 0.6 is 23.1 Å². The summed E-state index contributed by atoms with van der Waals surface area (Å²) in [5.74, 6) is -0.919. The number of carbonyl (C=O) groups excluding carboxylic acids is 3. The fourth-order valence-corrected chi connectivity index (χ4v) is 8.44. The molecule has 0 aliphatic carbocycles. The smallest absolute Gasteiger partial charge is 0.267 e. The van der Waals surface area contributed by atoms with E-state index in [9.17, 15) is 18.8 Å². The van der Waals surface area contributed by atoms with E-state index in [2.05, 4.69) is 20.5 Å². The maximum Gasteiger partial charge on any atom is 0.267 e. The molecule has 2 saturated heterocycles. The van der Waals surface area contributed by atoms with Gasteiger partial charge >= 0.3 is 0 Å². The summed E-state index contributed by atoms with van der Waals surface area (Å²) in [4.78, 5) is 49.9. The minimum atomic E-state index is -0.499. The number of fused-ring (bicyclic) bond motifs is 3. The van der Waals surface area contributed by atoms with E-state index in [1.807, 2.05) is 13.0 Å². The Labute approximate surface area is 302 Å². The van der Waals surface area contributed by atoms with Crippen molar-refractivity contribution in [3.05, 3.63) is 93.7 Å². The van der Waals surface area contributed by atoms with Crippen molar-refractivity contribution in [3.63, 3.8) is 0 Å². The van der Waals surface area contributed by atoms with Gasteiger partial charge in [0.2, 0.25) is 0 Å². The maximum absolute atomic E-state index is 14.7. The topological polar surface area (TPSA) is 152 Å². The molecule has 262 valence electrons. The number of pyridine rings is 1. The van der Waals surface area contributed by atoms with Gasteiger partial charge in [0.05, 0.1) is 21.2 Å². The number of hydrogen-bond donors (Lipinski definition) is 4. The number of aromatic nitrogens is 1. The van der Waals surface area contributed by atoms with Crippen molar-refractivity contribution in [3.8, 4) is 10.4 Å². The van der Waals surface area contributed by atoms with Crippen LogP contribution in [-0.4, -0.2) is 65.8 Å². The average molecular weight is 726 g/mol. The molecule has 0 saturated carbocycles. The molecule has 3 amide bonds. The van der Waals surface area contributed by atoms with E-state index in [1.165, 1.54) is 30.4 Å². The van der Waals surface area contributed by atoms with Crippen molar-refractivity contribution in [2.45, 2.75) is 33.1 Å². The maximum atomic E-state index is 14.7. The standard InChI is InChI=1S/C37H36FN7O4S2/c1-21-15-28(32(41-18-21)44-19-37(20-44)10-13-49-14-11-37)33(46)42-26-6-3-23(4-7-26)35(48)45-12-9-24-16-30(34(47)43-36(40)50-22(2)39)51-31(24)27-8-5-25(38)17-29(27)45/h3-8,15-18,39H,9-14,19-20H2,1-2H3,(H,42,46)(H2,40,43,47). The SMILES string of the molecule is CC(=N)SC(=N)NC(=O)c1cc2c(s1)-c1ccc(F)cc1N(C(=O)c1ccc(NC(=O)c3cc(C)cnc3N3CC4(CCOCC4)C3)cc1)CC2. The molecule has 11 nitrogen and oxygen atoms in total. The molecule has 51 heavy (non-hydrogen) atoms. The third-order valence-corrected chi connectivity index (χ3v) is 11.2. The Hall–Kier alpha value is -4.92. The third kappa shape index (κ3) is 7.16. The highest BCUT2D eigenvalue weighted by Gasteiger charge is 2.45. The highest BCUT2D eigenvalue weighted by molar-refractivity contribution is 8.26. The number of amidine groups is 1. The summed E-state index contributed by atoms with van der Waals surface area (Å²) < 4.78 is 20.2. The first-order valence-corrected chi connectivity index (χ1v) is 18.2. The molecule has 4 N–H and O–H groups in total. The van der Waals surface area contributed by atoms with E-state index in [1.54, 1.807) is 47.5 Å². The Kier molecular flexibility index (Phi) is 9.48. The van der Waals surface area contributed by atoms with Crippen molar-refractivity contribution in [2.24, 2.45) is 5.41 Å². The Morgan fingerprint density at radius 1 is 1.02 bits per heavy atom. The summed E-state index contributed by atoms with van der Waals surface area (Å²) in [5, 5.41) is 21.0. The van der Waals surface area contributed by atoms with Crippen LogP contribution in [0.3, 0.4) is 0 Å². The molecule has 0 atom stereocenters. The molecule has 5 heterocycles. The molecule has 14 heteroatoms. The lowest BCUT2D eigenvalue weighted by molar-refractivity contribution is -0.000511. The van der Waals surface area contributed by atoms with Crippen LogP contribution in [-0.2, 0) is 11.2 Å². The minimum Gasteiger partial charge on any atom is -0.381 e. The minimum absolute atomic E-state index is 0.145. The number of ether oxygens (including phenoxy) is 1. The fourth-order valence-electron chi connectivity index (χ4n) is 6.85. The van der Waals surface area contributed by atoms with Gasteiger partial charge in [0.15, 0.2) is 5.17 Å². The second-order valence-electron chi connectivity index (χ2n) is 13.2. The summed E-state index contributed by atoms with van der Waals surface area (Å²) in [6.45, 7) is 6.88. The number of hydrogen-bond acceptors (Lipinski definition) is 10. The average Bonchev–Trinajstić information content (AvgIpc) is 3.45. The van der Waals surface area contributed by atoms with Gasteiger partial charge in [-0.15, -0.1) is 11.3 Å². The van der Waals surface area contributed by atoms with Crippen molar-refractivity contribution in [1.82, 2.24) is 10.3 Å². The quantitative estimate of drug-likeness (QED) is 0.132. The summed E-state index contributed by atoms with van der Waals surface area (Å²) in [6.07, 6.45) is 4.21. The number of nitrogens with one attached hydrogen (secondary N) is 4. The monoisotopic (exact) mass is 725 g/mol. The summed E-state index contributed by atoms with van der Waals surface area (Å²) in [5.41, 5.74) is 4.32. The first-order valence-electron chi connectivity index (χ1n) is 16.6. The molecule has 0 radical (unpaired) electrons. The lowest BCUT2D eigenvalue weighted by atomic mass is 9.73. The number of halogens is 1. The van der Waals surface area contributed by atoms with E-state index in [0.717, 1.165) is 66.9 Å². The molecule has 0 unspecified atom stereocenters. The first kappa shape index (κ1) is 34.5. The number of benzene rings is 2. The Bertz CT molecular complexity index is 2070. The van der Waals surface area contributed by atoms with E-state index >= 15 is 0 Å². The Morgan fingerprint density at radius 3 is 2.49 bits per heavy atom. The molecule has 2 aromatic heterocycles. The number of aryl methyl sites for hydroxylation is 1. The van der Waals surface area contributed by atoms with Crippen molar-refractivity contribution in [1.29, 1.82) is 10.8 Å². The van der Waals surface area contributed by atoms with Gasteiger partial charge in [0.1, 0.15) is 11.6 Å². The van der Waals surface area contributed by atoms with Crippen LogP contribution in [0.1, 0.15) is 61.3 Å². The lowest BCUT2D eigenvalue weighted by Gasteiger charge is -2.53. The predicted octanol–water partition coefficient (Wildman–Crippen LogP) is 6.72. The molecule has 2 fully saturated rings. The van der Waals surface area contributed by atoms with E-state index in [0.29, 0.717) is 45.2 Å². The third-order valence-electron chi connectivity index (χ3n) is 9.40. The number of carbonyl (C=O) groups is 3. The van der Waals surface area contributed by atoms with Crippen LogP contribution < -0.4 is 20.4 Å². The summed E-state index contributed by atoms with van der Waals surface area (Å²) >= 11 is 2.05. The molecule has 1 spiro atoms. The molecule has 3 aliphatic rings. The molecule has 0 bridgehead atoms. The first-order chi connectivity index (χ1) is 24.5. The number of rotatable bonds is 5. The number of amides is 3. The van der Waals surface area contributed by atoms with Crippen molar-refractivity contribution >= 4 is 68.2 Å². The number of anilines is 3. The molecule has 4 aromatic rings. The van der Waals surface area contributed by atoms with Crippen LogP contribution in [0, 0.1) is 29.0 Å². The van der Waals surface area contributed by atoms with Gasteiger partial charge in [-0.1, -0.05) is 0 Å². The molecule has 2 aromatic carbocycles. The van der Waals surface area contributed by atoms with Crippen LogP contribution in [0.25, 0.3) is 10.4 Å². The largest absolute Gasteiger partial charge is 0.381 e. The number of thiophene rings is 1. The highest BCUT2D eigenvalue weighted by atomic mass is 32.2. The zero-order chi connectivity index (χ0) is 35.9. The predicted molar refractivity (Wildman–Crippen MR) is 199 cm³/mol. The Morgan fingerprint density at radius 2 is 1.76 bits per heavy atom. The van der Waals surface area contributed by atoms with Gasteiger partial charge in [-0.05, 0) is 111 Å². The lowest BCUT2D eigenvalue weighted by Crippen LogP contribution is -2.59. The summed E-state index contributed by atoms with van der Waals surface area (Å²) in [7, 11) is 0. The van der Waals surface area contributed by atoms with Crippen molar-refractivity contribution < 1.29 is 23.5 Å². The van der Waals surface area contributed by atoms with Crippen LogP contribution in [0.4, 0.5) is 21.6 Å². The van der Waals surface area contributed by atoms with Gasteiger partial charge in [0.25, 0.3) is 17.7 Å². The molecule has 7 rings (SSSR count). The zero-order valence-electron chi connectivity index (χ0n) is 28.1. The van der Waals surface area contributed by atoms with Gasteiger partial charge in [-0.25, -0.2) is 9.37 Å². The van der Waals surface area contributed by atoms with E-state index in [4.69, 9.17) is 15.6 Å². The fraction of sp³-hybridized carbons (Fsp3) is 0.297. The number of thioether (sulfide) groups is 1. The molecular formula is C37H36FN7O4S2. The van der Waals surface area contributed by atoms with Gasteiger partial charge in [0, 0.05) is 66.2 Å². The van der Waals surface area contributed by atoms with E-state index in [-0.39, 0.29) is 34.0 Å². The molecular weight excluding hydrogens is 690 g/mol. The van der Waals surface area contributed by atoms with Crippen LogP contribution in [0.5, 0.6) is 0 Å². The normalized spacial score (nSPS) is 16.0. The second-order valence-corrected chi connectivity index (χ2v) is 15.4. The van der Waals surface area contributed by atoms with E-state index < -0.39 is 11.7 Å². The highest BCUT2D eigenvalue weighted by Crippen LogP contribution is 2.44. The van der Waals surface area contributed by atoms with Crippen LogP contribution in [0.15, 0.2) is 60.8 Å². The van der Waals surface area contributed by atoms with Gasteiger partial charge < -0.3 is 25.2 Å². The zero-order valence-corrected chi connectivity index (χ0v) is 29.7. The van der Waals surface area contributed by atoms with Gasteiger partial charge in [-0.2, -0.15) is 0 Å².